The molecule has 0 bridgehead atoms. The summed E-state index contributed by atoms with van der Waals surface area (Å²) in [6, 6.07) is 8.78. The number of hydrogen-bond donors (Lipinski definition) is 3. The third-order valence-electron chi connectivity index (χ3n) is 4.28. The van der Waals surface area contributed by atoms with Crippen LogP contribution in [0.5, 0.6) is 17.2 Å². The number of carbonyl (C=O) groups is 1. The number of amides is 1. The van der Waals surface area contributed by atoms with Crippen molar-refractivity contribution in [1.82, 2.24) is 5.32 Å². The van der Waals surface area contributed by atoms with E-state index in [9.17, 15) is 18.0 Å². The second kappa shape index (κ2) is 8.32. The smallest absolute Gasteiger partial charge is 0.416 e. The molecule has 0 spiro atoms. The SMILES string of the molecule is COc1ccc(Oc2ccc(C(F)(F)F)cc2)cc1NC(=O)C1CCC(S)N1. The largest absolute Gasteiger partial charge is 0.495 e. The van der Waals surface area contributed by atoms with Crippen LogP contribution in [0.2, 0.25) is 0 Å². The second-order valence-corrected chi connectivity index (χ2v) is 6.91. The van der Waals surface area contributed by atoms with Gasteiger partial charge in [0.15, 0.2) is 0 Å². The fourth-order valence-electron chi connectivity index (χ4n) is 2.85. The molecule has 2 N–H and O–H groups in total. The Morgan fingerprint density at radius 2 is 1.82 bits per heavy atom. The number of methoxy groups -OCH3 is 1. The normalized spacial score (nSPS) is 19.3. The first kappa shape index (κ1) is 20.3. The van der Waals surface area contributed by atoms with E-state index in [0.29, 0.717) is 23.6 Å². The number of anilines is 1. The summed E-state index contributed by atoms with van der Waals surface area (Å²) >= 11 is 4.30. The number of hydrogen-bond acceptors (Lipinski definition) is 5. The van der Waals surface area contributed by atoms with E-state index in [4.69, 9.17) is 9.47 Å². The topological polar surface area (TPSA) is 59.6 Å². The van der Waals surface area contributed by atoms with Gasteiger partial charge in [-0.15, -0.1) is 0 Å². The van der Waals surface area contributed by atoms with Crippen molar-refractivity contribution in [3.8, 4) is 17.2 Å². The van der Waals surface area contributed by atoms with E-state index < -0.39 is 11.7 Å². The number of nitrogens with one attached hydrogen (secondary N) is 2. The maximum absolute atomic E-state index is 12.7. The highest BCUT2D eigenvalue weighted by Gasteiger charge is 2.30. The minimum Gasteiger partial charge on any atom is -0.495 e. The van der Waals surface area contributed by atoms with Gasteiger partial charge in [0.25, 0.3) is 0 Å². The minimum atomic E-state index is -4.41. The van der Waals surface area contributed by atoms with Crippen molar-refractivity contribution < 1.29 is 27.4 Å². The molecule has 1 fully saturated rings. The molecule has 28 heavy (non-hydrogen) atoms. The van der Waals surface area contributed by atoms with Crippen LogP contribution in [0.4, 0.5) is 18.9 Å². The minimum absolute atomic E-state index is 0.0213. The van der Waals surface area contributed by atoms with Crippen LogP contribution in [0, 0.1) is 0 Å². The lowest BCUT2D eigenvalue weighted by Gasteiger charge is -2.16. The Morgan fingerprint density at radius 3 is 2.39 bits per heavy atom. The Hall–Kier alpha value is -2.39. The Morgan fingerprint density at radius 1 is 1.14 bits per heavy atom. The van der Waals surface area contributed by atoms with Crippen molar-refractivity contribution in [3.63, 3.8) is 0 Å². The molecule has 1 heterocycles. The van der Waals surface area contributed by atoms with Gasteiger partial charge in [-0.05, 0) is 49.2 Å². The molecule has 1 aliphatic rings. The van der Waals surface area contributed by atoms with Gasteiger partial charge in [0.1, 0.15) is 17.2 Å². The standard InChI is InChI=1S/C19H19F3N2O3S/c1-26-16-8-6-13(27-12-4-2-11(3-5-12)19(20,21)22)10-15(16)24-18(25)14-7-9-17(28)23-14/h2-6,8,10,14,17,23,28H,7,9H2,1H3,(H,24,25). The Bertz CT molecular complexity index is 843. The van der Waals surface area contributed by atoms with Crippen LogP contribution in [-0.2, 0) is 11.0 Å². The molecule has 2 atom stereocenters. The molecule has 2 unspecified atom stereocenters. The van der Waals surface area contributed by atoms with E-state index in [1.165, 1.54) is 19.2 Å². The molecule has 3 rings (SSSR count). The summed E-state index contributed by atoms with van der Waals surface area (Å²) in [5.41, 5.74) is -0.351. The zero-order valence-electron chi connectivity index (χ0n) is 14.9. The van der Waals surface area contributed by atoms with E-state index in [-0.39, 0.29) is 23.1 Å². The summed E-state index contributed by atoms with van der Waals surface area (Å²) in [5, 5.41) is 5.84. The fraction of sp³-hybridized carbons (Fsp3) is 0.316. The zero-order valence-corrected chi connectivity index (χ0v) is 15.8. The van der Waals surface area contributed by atoms with Gasteiger partial charge in [-0.3, -0.25) is 10.1 Å². The molecule has 9 heteroatoms. The summed E-state index contributed by atoms with van der Waals surface area (Å²) in [6.45, 7) is 0. The zero-order chi connectivity index (χ0) is 20.3. The quantitative estimate of drug-likeness (QED) is 0.635. The van der Waals surface area contributed by atoms with Gasteiger partial charge in [0, 0.05) is 6.07 Å². The number of rotatable bonds is 5. The number of alkyl halides is 3. The number of thiol groups is 1. The highest BCUT2D eigenvalue weighted by Crippen LogP contribution is 2.34. The van der Waals surface area contributed by atoms with Gasteiger partial charge in [0.05, 0.1) is 29.8 Å². The van der Waals surface area contributed by atoms with E-state index in [1.807, 2.05) is 0 Å². The molecular formula is C19H19F3N2O3S. The summed E-state index contributed by atoms with van der Waals surface area (Å²) in [7, 11) is 1.47. The average Bonchev–Trinajstić information content (AvgIpc) is 3.08. The van der Waals surface area contributed by atoms with E-state index in [2.05, 4.69) is 23.3 Å². The maximum Gasteiger partial charge on any atom is 0.416 e. The predicted octanol–water partition coefficient (Wildman–Crippen LogP) is 4.45. The molecule has 0 saturated carbocycles. The van der Waals surface area contributed by atoms with Crippen LogP contribution in [0.25, 0.3) is 0 Å². The number of carbonyl (C=O) groups excluding carboxylic acids is 1. The lowest BCUT2D eigenvalue weighted by Crippen LogP contribution is -2.37. The number of ether oxygens (including phenoxy) is 2. The van der Waals surface area contributed by atoms with Crippen molar-refractivity contribution in [2.75, 3.05) is 12.4 Å². The van der Waals surface area contributed by atoms with Crippen molar-refractivity contribution >= 4 is 24.2 Å². The van der Waals surface area contributed by atoms with Crippen LogP contribution in [0.3, 0.4) is 0 Å². The lowest BCUT2D eigenvalue weighted by atomic mass is 10.2. The van der Waals surface area contributed by atoms with Gasteiger partial charge < -0.3 is 14.8 Å². The fourth-order valence-corrected chi connectivity index (χ4v) is 3.18. The summed E-state index contributed by atoms with van der Waals surface area (Å²) in [6.07, 6.45) is -2.95. The van der Waals surface area contributed by atoms with E-state index in [1.54, 1.807) is 18.2 Å². The maximum atomic E-state index is 12.7. The van der Waals surface area contributed by atoms with Crippen LogP contribution in [0.1, 0.15) is 18.4 Å². The highest BCUT2D eigenvalue weighted by atomic mass is 32.1. The first-order valence-corrected chi connectivity index (χ1v) is 9.06. The first-order valence-electron chi connectivity index (χ1n) is 8.54. The van der Waals surface area contributed by atoms with Gasteiger partial charge in [-0.25, -0.2) is 0 Å². The molecule has 0 radical (unpaired) electrons. The summed E-state index contributed by atoms with van der Waals surface area (Å²) < 4.78 is 48.8. The molecule has 1 amide bonds. The third kappa shape index (κ3) is 4.90. The highest BCUT2D eigenvalue weighted by molar-refractivity contribution is 7.80. The first-order chi connectivity index (χ1) is 13.3. The van der Waals surface area contributed by atoms with Crippen molar-refractivity contribution in [1.29, 1.82) is 0 Å². The van der Waals surface area contributed by atoms with Gasteiger partial charge >= 0.3 is 6.18 Å². The molecule has 1 saturated heterocycles. The molecule has 0 aromatic heterocycles. The Kier molecular flexibility index (Phi) is 6.04. The summed E-state index contributed by atoms with van der Waals surface area (Å²) in [5.74, 6) is 0.809. The Labute approximate surface area is 165 Å². The molecule has 0 aliphatic carbocycles. The van der Waals surface area contributed by atoms with Crippen LogP contribution in [0.15, 0.2) is 42.5 Å². The molecule has 5 nitrogen and oxygen atoms in total. The molecular weight excluding hydrogens is 393 g/mol. The van der Waals surface area contributed by atoms with Crippen molar-refractivity contribution in [2.24, 2.45) is 0 Å². The van der Waals surface area contributed by atoms with Crippen LogP contribution in [-0.4, -0.2) is 24.4 Å². The predicted molar refractivity (Wildman–Crippen MR) is 102 cm³/mol. The lowest BCUT2D eigenvalue weighted by molar-refractivity contribution is -0.137. The van der Waals surface area contributed by atoms with Gasteiger partial charge in [-0.1, -0.05) is 0 Å². The van der Waals surface area contributed by atoms with E-state index in [0.717, 1.165) is 18.6 Å². The Balaban J connectivity index is 1.74. The van der Waals surface area contributed by atoms with Gasteiger partial charge in [-0.2, -0.15) is 25.8 Å². The average molecular weight is 412 g/mol. The third-order valence-corrected chi connectivity index (χ3v) is 4.69. The molecule has 150 valence electrons. The van der Waals surface area contributed by atoms with Crippen LogP contribution >= 0.6 is 12.6 Å². The summed E-state index contributed by atoms with van der Waals surface area (Å²) in [4.78, 5) is 12.4. The molecule has 2 aromatic carbocycles. The molecule has 2 aromatic rings. The number of benzene rings is 2. The number of halogens is 3. The van der Waals surface area contributed by atoms with Crippen molar-refractivity contribution in [2.45, 2.75) is 30.4 Å². The van der Waals surface area contributed by atoms with E-state index >= 15 is 0 Å². The van der Waals surface area contributed by atoms with Crippen molar-refractivity contribution in [3.05, 3.63) is 48.0 Å². The second-order valence-electron chi connectivity index (χ2n) is 6.29. The van der Waals surface area contributed by atoms with Crippen LogP contribution < -0.4 is 20.1 Å². The van der Waals surface area contributed by atoms with Gasteiger partial charge in [0.2, 0.25) is 5.91 Å². The molecule has 1 aliphatic heterocycles. The monoisotopic (exact) mass is 412 g/mol.